The van der Waals surface area contributed by atoms with Crippen molar-refractivity contribution in [3.05, 3.63) is 40.2 Å². The lowest BCUT2D eigenvalue weighted by Crippen LogP contribution is -2.24. The van der Waals surface area contributed by atoms with Gasteiger partial charge in [-0.3, -0.25) is 0 Å². The van der Waals surface area contributed by atoms with E-state index in [2.05, 4.69) is 40.1 Å². The van der Waals surface area contributed by atoms with E-state index in [0.29, 0.717) is 11.0 Å². The summed E-state index contributed by atoms with van der Waals surface area (Å²) >= 11 is 6.18. The first kappa shape index (κ1) is 13.4. The number of hydrogen-bond acceptors (Lipinski definition) is 3. The minimum Gasteiger partial charge on any atom is -0.374 e. The van der Waals surface area contributed by atoms with E-state index >= 15 is 0 Å². The number of hydrogen-bond donors (Lipinski definition) is 0. The number of benzene rings is 1. The van der Waals surface area contributed by atoms with Crippen LogP contribution in [-0.4, -0.2) is 23.6 Å². The standard InChI is InChI=1S/C16H18ClN3/c1-10-11(2)18-16(19-15(10)17)13-6-7-14-12(9-13)5-4-8-20(14)3/h6-7,9H,4-5,8H2,1-3H3. The van der Waals surface area contributed by atoms with Gasteiger partial charge in [-0.15, -0.1) is 0 Å². The number of halogens is 1. The van der Waals surface area contributed by atoms with E-state index in [0.717, 1.165) is 29.8 Å². The second kappa shape index (κ2) is 5.06. The summed E-state index contributed by atoms with van der Waals surface area (Å²) in [4.78, 5) is 11.3. The number of nitrogens with zero attached hydrogens (tertiary/aromatic N) is 3. The molecule has 4 heteroatoms. The second-order valence-corrected chi connectivity index (χ2v) is 5.78. The van der Waals surface area contributed by atoms with Crippen molar-refractivity contribution >= 4 is 17.3 Å². The zero-order valence-electron chi connectivity index (χ0n) is 12.1. The first-order chi connectivity index (χ1) is 9.56. The van der Waals surface area contributed by atoms with Crippen LogP contribution >= 0.6 is 11.6 Å². The monoisotopic (exact) mass is 287 g/mol. The van der Waals surface area contributed by atoms with Gasteiger partial charge >= 0.3 is 0 Å². The highest BCUT2D eigenvalue weighted by molar-refractivity contribution is 6.30. The van der Waals surface area contributed by atoms with Gasteiger partial charge in [0.1, 0.15) is 5.15 Å². The Balaban J connectivity index is 2.07. The molecule has 1 aliphatic rings. The Bertz CT molecular complexity index is 644. The van der Waals surface area contributed by atoms with Crippen molar-refractivity contribution in [3.63, 3.8) is 0 Å². The van der Waals surface area contributed by atoms with Crippen molar-refractivity contribution in [1.82, 2.24) is 9.97 Å². The fourth-order valence-electron chi connectivity index (χ4n) is 2.65. The van der Waals surface area contributed by atoms with Gasteiger partial charge in [0.15, 0.2) is 5.82 Å². The molecule has 0 atom stereocenters. The zero-order chi connectivity index (χ0) is 14.3. The van der Waals surface area contributed by atoms with Crippen LogP contribution in [0.2, 0.25) is 5.15 Å². The van der Waals surface area contributed by atoms with Crippen molar-refractivity contribution < 1.29 is 0 Å². The SMILES string of the molecule is Cc1nc(-c2ccc3c(c2)CCCN3C)nc(Cl)c1C. The van der Waals surface area contributed by atoms with Crippen molar-refractivity contribution in [2.24, 2.45) is 0 Å². The Morgan fingerprint density at radius 1 is 1.20 bits per heavy atom. The molecule has 1 aromatic carbocycles. The van der Waals surface area contributed by atoms with E-state index in [9.17, 15) is 0 Å². The Kier molecular flexibility index (Phi) is 3.38. The summed E-state index contributed by atoms with van der Waals surface area (Å²) in [7, 11) is 2.14. The maximum atomic E-state index is 6.18. The molecule has 104 valence electrons. The molecule has 1 aliphatic heterocycles. The summed E-state index contributed by atoms with van der Waals surface area (Å²) in [5.74, 6) is 0.717. The molecule has 0 aliphatic carbocycles. The Labute approximate surface area is 124 Å². The normalized spacial score (nSPS) is 14.3. The summed E-state index contributed by atoms with van der Waals surface area (Å²) in [6.07, 6.45) is 2.31. The van der Waals surface area contributed by atoms with E-state index in [1.54, 1.807) is 0 Å². The van der Waals surface area contributed by atoms with E-state index < -0.39 is 0 Å². The highest BCUT2D eigenvalue weighted by Crippen LogP contribution is 2.30. The number of aryl methyl sites for hydroxylation is 2. The molecule has 0 amide bonds. The molecule has 0 saturated heterocycles. The average Bonchev–Trinajstić information content (AvgIpc) is 2.44. The molecular formula is C16H18ClN3. The molecule has 3 nitrogen and oxygen atoms in total. The molecule has 0 unspecified atom stereocenters. The van der Waals surface area contributed by atoms with Gasteiger partial charge in [0.2, 0.25) is 0 Å². The van der Waals surface area contributed by atoms with Crippen molar-refractivity contribution in [2.75, 3.05) is 18.5 Å². The van der Waals surface area contributed by atoms with Crippen LogP contribution < -0.4 is 4.90 Å². The van der Waals surface area contributed by atoms with Gasteiger partial charge in [-0.25, -0.2) is 9.97 Å². The molecule has 2 aromatic rings. The van der Waals surface area contributed by atoms with E-state index in [1.165, 1.54) is 17.7 Å². The molecule has 0 saturated carbocycles. The van der Waals surface area contributed by atoms with Crippen LogP contribution in [0.1, 0.15) is 23.2 Å². The third kappa shape index (κ3) is 2.27. The van der Waals surface area contributed by atoms with Gasteiger partial charge in [-0.2, -0.15) is 0 Å². The van der Waals surface area contributed by atoms with E-state index in [1.807, 2.05) is 13.8 Å². The van der Waals surface area contributed by atoms with Crippen LogP contribution in [0.4, 0.5) is 5.69 Å². The third-order valence-corrected chi connectivity index (χ3v) is 4.39. The fourth-order valence-corrected chi connectivity index (χ4v) is 2.86. The predicted octanol–water partition coefficient (Wildman–Crippen LogP) is 3.80. The lowest BCUT2D eigenvalue weighted by Gasteiger charge is -2.27. The topological polar surface area (TPSA) is 29.0 Å². The second-order valence-electron chi connectivity index (χ2n) is 5.42. The molecule has 0 spiro atoms. The molecule has 0 radical (unpaired) electrons. The number of rotatable bonds is 1. The summed E-state index contributed by atoms with van der Waals surface area (Å²) in [5, 5.41) is 0.544. The minimum atomic E-state index is 0.544. The van der Waals surface area contributed by atoms with Gasteiger partial charge in [0.25, 0.3) is 0 Å². The first-order valence-corrected chi connectivity index (χ1v) is 7.29. The molecule has 20 heavy (non-hydrogen) atoms. The van der Waals surface area contributed by atoms with Gasteiger partial charge in [0, 0.05) is 36.1 Å². The smallest absolute Gasteiger partial charge is 0.161 e. The Morgan fingerprint density at radius 2 is 2.00 bits per heavy atom. The third-order valence-electron chi connectivity index (χ3n) is 4.02. The van der Waals surface area contributed by atoms with Crippen molar-refractivity contribution in [3.8, 4) is 11.4 Å². The van der Waals surface area contributed by atoms with Crippen molar-refractivity contribution in [1.29, 1.82) is 0 Å². The Hall–Kier alpha value is -1.61. The minimum absolute atomic E-state index is 0.544. The summed E-state index contributed by atoms with van der Waals surface area (Å²) in [6.45, 7) is 5.04. The number of anilines is 1. The summed E-state index contributed by atoms with van der Waals surface area (Å²) in [5.41, 5.74) is 5.62. The van der Waals surface area contributed by atoms with Crippen LogP contribution in [0.25, 0.3) is 11.4 Å². The fraction of sp³-hybridized carbons (Fsp3) is 0.375. The highest BCUT2D eigenvalue weighted by Gasteiger charge is 2.15. The van der Waals surface area contributed by atoms with Crippen molar-refractivity contribution in [2.45, 2.75) is 26.7 Å². The van der Waals surface area contributed by atoms with Gasteiger partial charge in [0.05, 0.1) is 0 Å². The van der Waals surface area contributed by atoms with E-state index in [-0.39, 0.29) is 0 Å². The zero-order valence-corrected chi connectivity index (χ0v) is 12.8. The van der Waals surface area contributed by atoms with Gasteiger partial charge < -0.3 is 4.90 Å². The lowest BCUT2D eigenvalue weighted by molar-refractivity contribution is 0.744. The van der Waals surface area contributed by atoms with E-state index in [4.69, 9.17) is 11.6 Å². The van der Waals surface area contributed by atoms with Gasteiger partial charge in [-0.05, 0) is 50.5 Å². The lowest BCUT2D eigenvalue weighted by atomic mass is 9.99. The highest BCUT2D eigenvalue weighted by atomic mass is 35.5. The van der Waals surface area contributed by atoms with Crippen LogP contribution in [0.3, 0.4) is 0 Å². The first-order valence-electron chi connectivity index (χ1n) is 6.91. The maximum absolute atomic E-state index is 6.18. The molecule has 1 aromatic heterocycles. The maximum Gasteiger partial charge on any atom is 0.161 e. The number of aromatic nitrogens is 2. The number of fused-ring (bicyclic) bond motifs is 1. The molecule has 0 bridgehead atoms. The molecule has 0 N–H and O–H groups in total. The quantitative estimate of drug-likeness (QED) is 0.747. The van der Waals surface area contributed by atoms with Gasteiger partial charge in [-0.1, -0.05) is 11.6 Å². The summed E-state index contributed by atoms with van der Waals surface area (Å²) in [6, 6.07) is 6.45. The van der Waals surface area contributed by atoms with Crippen LogP contribution in [0, 0.1) is 13.8 Å². The largest absolute Gasteiger partial charge is 0.374 e. The molecule has 0 fully saturated rings. The molecular weight excluding hydrogens is 270 g/mol. The predicted molar refractivity (Wildman–Crippen MR) is 83.5 cm³/mol. The molecule has 2 heterocycles. The molecule has 3 rings (SSSR count). The van der Waals surface area contributed by atoms with Crippen LogP contribution in [0.5, 0.6) is 0 Å². The summed E-state index contributed by atoms with van der Waals surface area (Å²) < 4.78 is 0. The Morgan fingerprint density at radius 3 is 2.75 bits per heavy atom. The van der Waals surface area contributed by atoms with Crippen LogP contribution in [-0.2, 0) is 6.42 Å². The van der Waals surface area contributed by atoms with Crippen LogP contribution in [0.15, 0.2) is 18.2 Å². The average molecular weight is 288 g/mol.